The zero-order valence-corrected chi connectivity index (χ0v) is 10.6. The van der Waals surface area contributed by atoms with E-state index in [1.165, 1.54) is 12.8 Å². The number of hydrogen-bond donors (Lipinski definition) is 1. The molecule has 2 N–H and O–H groups in total. The zero-order valence-electron chi connectivity index (χ0n) is 10.6. The fourth-order valence-corrected chi connectivity index (χ4v) is 2.11. The molecule has 0 aromatic carbocycles. The maximum atomic E-state index is 6.01. The molecule has 0 atom stereocenters. The Morgan fingerprint density at radius 3 is 2.82 bits per heavy atom. The minimum Gasteiger partial charge on any atom is -0.398 e. The lowest BCUT2D eigenvalue weighted by Crippen LogP contribution is -2.01. The second-order valence-electron chi connectivity index (χ2n) is 4.33. The summed E-state index contributed by atoms with van der Waals surface area (Å²) in [6.07, 6.45) is 6.25. The van der Waals surface area contributed by atoms with E-state index in [1.54, 1.807) is 6.20 Å². The van der Waals surface area contributed by atoms with Gasteiger partial charge >= 0.3 is 0 Å². The molecule has 4 nitrogen and oxygen atoms in total. The van der Waals surface area contributed by atoms with Crippen molar-refractivity contribution in [3.8, 4) is 0 Å². The van der Waals surface area contributed by atoms with E-state index in [4.69, 9.17) is 5.73 Å². The van der Waals surface area contributed by atoms with E-state index in [0.717, 1.165) is 41.8 Å². The lowest BCUT2D eigenvalue weighted by molar-refractivity contribution is 0.559. The van der Waals surface area contributed by atoms with Gasteiger partial charge in [0.15, 0.2) is 5.65 Å². The van der Waals surface area contributed by atoms with Gasteiger partial charge in [0.1, 0.15) is 0 Å². The van der Waals surface area contributed by atoms with E-state index < -0.39 is 0 Å². The van der Waals surface area contributed by atoms with E-state index in [-0.39, 0.29) is 0 Å². The molecule has 0 radical (unpaired) electrons. The Hall–Kier alpha value is -1.58. The number of aromatic nitrogens is 3. The molecule has 0 aliphatic heterocycles. The fourth-order valence-electron chi connectivity index (χ4n) is 2.11. The first-order chi connectivity index (χ1) is 8.27. The van der Waals surface area contributed by atoms with Crippen molar-refractivity contribution in [3.63, 3.8) is 0 Å². The van der Waals surface area contributed by atoms with Crippen LogP contribution in [0, 0.1) is 0 Å². The molecule has 0 saturated carbocycles. The molecule has 0 spiro atoms. The Morgan fingerprint density at radius 1 is 1.29 bits per heavy atom. The fraction of sp³-hybridized carbons (Fsp3) is 0.538. The van der Waals surface area contributed by atoms with E-state index in [1.807, 2.05) is 10.7 Å². The average Bonchev–Trinajstić information content (AvgIpc) is 2.70. The smallest absolute Gasteiger partial charge is 0.160 e. The number of anilines is 1. The van der Waals surface area contributed by atoms with Crippen molar-refractivity contribution in [1.29, 1.82) is 0 Å². The van der Waals surface area contributed by atoms with Gasteiger partial charge < -0.3 is 5.73 Å². The summed E-state index contributed by atoms with van der Waals surface area (Å²) in [5.41, 5.74) is 8.78. The third-order valence-corrected chi connectivity index (χ3v) is 3.05. The highest BCUT2D eigenvalue weighted by Crippen LogP contribution is 2.23. The minimum atomic E-state index is 0.786. The Kier molecular flexibility index (Phi) is 3.61. The molecule has 0 amide bonds. The van der Waals surface area contributed by atoms with E-state index in [9.17, 15) is 0 Å². The first-order valence-electron chi connectivity index (χ1n) is 6.37. The first kappa shape index (κ1) is 11.9. The van der Waals surface area contributed by atoms with Gasteiger partial charge in [-0.05, 0) is 18.9 Å². The molecular weight excluding hydrogens is 212 g/mol. The summed E-state index contributed by atoms with van der Waals surface area (Å²) >= 11 is 0. The average molecular weight is 232 g/mol. The molecule has 2 aromatic heterocycles. The van der Waals surface area contributed by atoms with Gasteiger partial charge in [-0.3, -0.25) is 0 Å². The molecular formula is C13H20N4. The molecule has 2 rings (SSSR count). The number of nitrogen functional groups attached to an aromatic ring is 1. The van der Waals surface area contributed by atoms with Crippen molar-refractivity contribution in [2.24, 2.45) is 0 Å². The Bertz CT molecular complexity index is 501. The lowest BCUT2D eigenvalue weighted by Gasteiger charge is -2.01. The van der Waals surface area contributed by atoms with Crippen LogP contribution in [-0.4, -0.2) is 14.8 Å². The third-order valence-electron chi connectivity index (χ3n) is 3.05. The monoisotopic (exact) mass is 232 g/mol. The summed E-state index contributed by atoms with van der Waals surface area (Å²) in [6, 6.07) is 1.85. The number of pyridine rings is 1. The van der Waals surface area contributed by atoms with Crippen LogP contribution in [0.3, 0.4) is 0 Å². The highest BCUT2D eigenvalue weighted by atomic mass is 15.3. The molecule has 4 heteroatoms. The number of aryl methyl sites for hydroxylation is 2. The maximum Gasteiger partial charge on any atom is 0.160 e. The van der Waals surface area contributed by atoms with Gasteiger partial charge in [0, 0.05) is 18.4 Å². The first-order valence-corrected chi connectivity index (χ1v) is 6.37. The lowest BCUT2D eigenvalue weighted by atomic mass is 10.2. The van der Waals surface area contributed by atoms with Crippen LogP contribution < -0.4 is 5.73 Å². The summed E-state index contributed by atoms with van der Waals surface area (Å²) in [6.45, 7) is 5.24. The van der Waals surface area contributed by atoms with Crippen LogP contribution in [0.1, 0.15) is 38.8 Å². The molecule has 0 saturated heterocycles. The van der Waals surface area contributed by atoms with Crippen molar-refractivity contribution in [1.82, 2.24) is 14.8 Å². The van der Waals surface area contributed by atoms with Crippen LogP contribution in [0.4, 0.5) is 5.69 Å². The standard InChI is InChI=1S/C13H20N4/c1-3-5-6-9-17-13-12(11(4-2)16-17)10(14)7-8-15-13/h7-8H,3-6,9H2,1-2H3,(H2,14,15). The number of rotatable bonds is 5. The highest BCUT2D eigenvalue weighted by Gasteiger charge is 2.12. The number of fused-ring (bicyclic) bond motifs is 1. The molecule has 2 aromatic rings. The molecule has 0 bridgehead atoms. The molecule has 0 fully saturated rings. The second kappa shape index (κ2) is 5.17. The molecule has 0 aliphatic rings. The quantitative estimate of drug-likeness (QED) is 0.806. The predicted molar refractivity (Wildman–Crippen MR) is 70.8 cm³/mol. The van der Waals surface area contributed by atoms with Crippen molar-refractivity contribution in [3.05, 3.63) is 18.0 Å². The van der Waals surface area contributed by atoms with Crippen LogP contribution in [0.2, 0.25) is 0 Å². The Labute approximate surface area is 102 Å². The van der Waals surface area contributed by atoms with Crippen LogP contribution in [0.15, 0.2) is 12.3 Å². The predicted octanol–water partition coefficient (Wildman–Crippen LogP) is 2.77. The zero-order chi connectivity index (χ0) is 12.3. The minimum absolute atomic E-state index is 0.786. The van der Waals surface area contributed by atoms with Crippen molar-refractivity contribution in [2.75, 3.05) is 5.73 Å². The van der Waals surface area contributed by atoms with Crippen molar-refractivity contribution < 1.29 is 0 Å². The summed E-state index contributed by atoms with van der Waals surface area (Å²) < 4.78 is 2.00. The van der Waals surface area contributed by atoms with Gasteiger partial charge in [-0.2, -0.15) is 5.10 Å². The van der Waals surface area contributed by atoms with Gasteiger partial charge in [-0.1, -0.05) is 26.7 Å². The summed E-state index contributed by atoms with van der Waals surface area (Å²) in [5, 5.41) is 5.65. The normalized spacial score (nSPS) is 11.2. The molecule has 2 heterocycles. The van der Waals surface area contributed by atoms with Crippen LogP contribution >= 0.6 is 0 Å². The third kappa shape index (κ3) is 2.25. The SMILES string of the molecule is CCCCCn1nc(CC)c2c(N)ccnc21. The van der Waals surface area contributed by atoms with Gasteiger partial charge in [0.2, 0.25) is 0 Å². The number of nitrogens with two attached hydrogens (primary N) is 1. The van der Waals surface area contributed by atoms with Gasteiger partial charge in [0.25, 0.3) is 0 Å². The molecule has 92 valence electrons. The number of nitrogens with zero attached hydrogens (tertiary/aromatic N) is 3. The second-order valence-corrected chi connectivity index (χ2v) is 4.33. The molecule has 17 heavy (non-hydrogen) atoms. The van der Waals surface area contributed by atoms with Gasteiger partial charge in [-0.25, -0.2) is 9.67 Å². The van der Waals surface area contributed by atoms with Crippen LogP contribution in [-0.2, 0) is 13.0 Å². The Morgan fingerprint density at radius 2 is 2.12 bits per heavy atom. The summed E-state index contributed by atoms with van der Waals surface area (Å²) in [5.74, 6) is 0. The molecule has 0 unspecified atom stereocenters. The van der Waals surface area contributed by atoms with E-state index >= 15 is 0 Å². The highest BCUT2D eigenvalue weighted by molar-refractivity contribution is 5.90. The number of unbranched alkanes of at least 4 members (excludes halogenated alkanes) is 2. The summed E-state index contributed by atoms with van der Waals surface area (Å²) in [7, 11) is 0. The largest absolute Gasteiger partial charge is 0.398 e. The Balaban J connectivity index is 2.39. The van der Waals surface area contributed by atoms with Crippen LogP contribution in [0.5, 0.6) is 0 Å². The van der Waals surface area contributed by atoms with Crippen molar-refractivity contribution >= 4 is 16.7 Å². The number of hydrogen-bond acceptors (Lipinski definition) is 3. The maximum absolute atomic E-state index is 6.01. The van der Waals surface area contributed by atoms with Gasteiger partial charge in [0.05, 0.1) is 11.1 Å². The van der Waals surface area contributed by atoms with E-state index in [0.29, 0.717) is 0 Å². The topological polar surface area (TPSA) is 56.7 Å². The summed E-state index contributed by atoms with van der Waals surface area (Å²) in [4.78, 5) is 4.41. The van der Waals surface area contributed by atoms with Crippen molar-refractivity contribution in [2.45, 2.75) is 46.1 Å². The van der Waals surface area contributed by atoms with Crippen LogP contribution in [0.25, 0.3) is 11.0 Å². The van der Waals surface area contributed by atoms with E-state index in [2.05, 4.69) is 23.9 Å². The molecule has 0 aliphatic carbocycles. The van der Waals surface area contributed by atoms with Gasteiger partial charge in [-0.15, -0.1) is 0 Å².